The van der Waals surface area contributed by atoms with Crippen molar-refractivity contribution in [3.8, 4) is 0 Å². The molecule has 2 aromatic rings. The molecule has 1 heterocycles. The molecule has 1 amide bonds. The Bertz CT molecular complexity index is 590. The number of carbonyl (C=O) groups is 1. The predicted molar refractivity (Wildman–Crippen MR) is 80.2 cm³/mol. The van der Waals surface area contributed by atoms with Crippen molar-refractivity contribution in [3.63, 3.8) is 0 Å². The van der Waals surface area contributed by atoms with Crippen molar-refractivity contribution in [2.24, 2.45) is 0 Å². The van der Waals surface area contributed by atoms with Gasteiger partial charge in [-0.25, -0.2) is 0 Å². The molecule has 2 rings (SSSR count). The fourth-order valence-electron chi connectivity index (χ4n) is 1.59. The van der Waals surface area contributed by atoms with E-state index in [1.807, 2.05) is 19.9 Å². The minimum Gasteiger partial charge on any atom is -0.319 e. The zero-order chi connectivity index (χ0) is 13.3. The van der Waals surface area contributed by atoms with E-state index in [9.17, 15) is 4.79 Å². The van der Waals surface area contributed by atoms with Crippen LogP contribution in [-0.2, 0) is 0 Å². The number of nitrogens with zero attached hydrogens (tertiary/aromatic N) is 1. The predicted octanol–water partition coefficient (Wildman–Crippen LogP) is 3.54. The summed E-state index contributed by atoms with van der Waals surface area (Å²) in [6.45, 7) is 3.70. The van der Waals surface area contributed by atoms with Crippen LogP contribution < -0.4 is 5.32 Å². The van der Waals surface area contributed by atoms with Crippen LogP contribution in [0.3, 0.4) is 0 Å². The Morgan fingerprint density at radius 3 is 2.78 bits per heavy atom. The number of anilines is 1. The molecule has 0 spiro atoms. The number of benzene rings is 1. The summed E-state index contributed by atoms with van der Waals surface area (Å²) in [5, 5.41) is 10.3. The van der Waals surface area contributed by atoms with Crippen LogP contribution in [0.15, 0.2) is 18.2 Å². The lowest BCUT2D eigenvalue weighted by Crippen LogP contribution is -2.14. The summed E-state index contributed by atoms with van der Waals surface area (Å²) in [4.78, 5) is 12.2. The summed E-state index contributed by atoms with van der Waals surface area (Å²) in [5.41, 5.74) is 2.87. The number of rotatable bonds is 2. The zero-order valence-electron chi connectivity index (χ0n) is 9.84. The van der Waals surface area contributed by atoms with E-state index < -0.39 is 0 Å². The van der Waals surface area contributed by atoms with Crippen LogP contribution in [0.5, 0.6) is 0 Å². The van der Waals surface area contributed by atoms with Gasteiger partial charge < -0.3 is 5.32 Å². The average Bonchev–Trinajstić information content (AvgIpc) is 2.64. The fourth-order valence-corrected chi connectivity index (χ4v) is 2.34. The highest BCUT2D eigenvalue weighted by molar-refractivity contribution is 14.1. The first-order valence-corrected chi connectivity index (χ1v) is 6.72. The van der Waals surface area contributed by atoms with E-state index in [-0.39, 0.29) is 5.91 Å². The zero-order valence-corrected chi connectivity index (χ0v) is 12.8. The molecule has 0 unspecified atom stereocenters. The maximum absolute atomic E-state index is 12.2. The number of amides is 1. The second kappa shape index (κ2) is 5.27. The van der Waals surface area contributed by atoms with Crippen LogP contribution in [0.1, 0.15) is 21.7 Å². The van der Waals surface area contributed by atoms with Crippen molar-refractivity contribution in [1.29, 1.82) is 0 Å². The topological polar surface area (TPSA) is 57.8 Å². The molecule has 0 radical (unpaired) electrons. The van der Waals surface area contributed by atoms with E-state index in [1.54, 1.807) is 12.1 Å². The van der Waals surface area contributed by atoms with Crippen LogP contribution in [0, 0.1) is 17.4 Å². The molecule has 1 aromatic heterocycles. The van der Waals surface area contributed by atoms with Gasteiger partial charge in [-0.05, 0) is 54.6 Å². The maximum atomic E-state index is 12.2. The van der Waals surface area contributed by atoms with Crippen LogP contribution in [0.2, 0.25) is 5.02 Å². The molecule has 0 saturated heterocycles. The molecule has 0 atom stereocenters. The maximum Gasteiger partial charge on any atom is 0.256 e. The number of hydrogen-bond donors (Lipinski definition) is 2. The Labute approximate surface area is 123 Å². The summed E-state index contributed by atoms with van der Waals surface area (Å²) in [5.74, 6) is -0.186. The fraction of sp³-hybridized carbons (Fsp3) is 0.167. The quantitative estimate of drug-likeness (QED) is 0.789. The molecule has 4 nitrogen and oxygen atoms in total. The Hall–Kier alpha value is -1.08. The highest BCUT2D eigenvalue weighted by Gasteiger charge is 2.14. The molecule has 94 valence electrons. The van der Waals surface area contributed by atoms with Crippen LogP contribution in [0.4, 0.5) is 5.69 Å². The largest absolute Gasteiger partial charge is 0.319 e. The SMILES string of the molecule is Cc1n[nH]c(C)c1NC(=O)c1cc(Cl)ccc1I. The number of hydrogen-bond acceptors (Lipinski definition) is 2. The Morgan fingerprint density at radius 1 is 1.44 bits per heavy atom. The number of halogens is 2. The average molecular weight is 376 g/mol. The third-order valence-electron chi connectivity index (χ3n) is 2.54. The molecule has 0 aliphatic carbocycles. The molecule has 0 aliphatic heterocycles. The summed E-state index contributed by atoms with van der Waals surface area (Å²) < 4.78 is 0.855. The summed E-state index contributed by atoms with van der Waals surface area (Å²) >= 11 is 8.01. The summed E-state index contributed by atoms with van der Waals surface area (Å²) in [6, 6.07) is 5.23. The molecule has 0 saturated carbocycles. The second-order valence-corrected chi connectivity index (χ2v) is 5.49. The van der Waals surface area contributed by atoms with Crippen molar-refractivity contribution < 1.29 is 4.79 Å². The minimum absolute atomic E-state index is 0.186. The first-order chi connectivity index (χ1) is 8.49. The van der Waals surface area contributed by atoms with Crippen molar-refractivity contribution >= 4 is 45.8 Å². The van der Waals surface area contributed by atoms with E-state index in [0.717, 1.165) is 20.6 Å². The van der Waals surface area contributed by atoms with Gasteiger partial charge in [0.25, 0.3) is 5.91 Å². The summed E-state index contributed by atoms with van der Waals surface area (Å²) in [6.07, 6.45) is 0. The third-order valence-corrected chi connectivity index (χ3v) is 3.72. The van der Waals surface area contributed by atoms with Crippen molar-refractivity contribution in [3.05, 3.63) is 43.7 Å². The number of aromatic amines is 1. The molecule has 6 heteroatoms. The van der Waals surface area contributed by atoms with Gasteiger partial charge in [0, 0.05) is 8.59 Å². The van der Waals surface area contributed by atoms with E-state index in [0.29, 0.717) is 10.6 Å². The van der Waals surface area contributed by atoms with Crippen molar-refractivity contribution in [1.82, 2.24) is 10.2 Å². The van der Waals surface area contributed by atoms with E-state index in [2.05, 4.69) is 38.1 Å². The van der Waals surface area contributed by atoms with Gasteiger partial charge in [0.1, 0.15) is 0 Å². The Morgan fingerprint density at radius 2 is 2.17 bits per heavy atom. The van der Waals surface area contributed by atoms with Gasteiger partial charge in [0.05, 0.1) is 22.6 Å². The van der Waals surface area contributed by atoms with E-state index in [1.165, 1.54) is 0 Å². The van der Waals surface area contributed by atoms with Crippen LogP contribution >= 0.6 is 34.2 Å². The molecule has 0 bridgehead atoms. The lowest BCUT2D eigenvalue weighted by Gasteiger charge is -2.07. The molecule has 18 heavy (non-hydrogen) atoms. The van der Waals surface area contributed by atoms with Crippen LogP contribution in [-0.4, -0.2) is 16.1 Å². The highest BCUT2D eigenvalue weighted by atomic mass is 127. The number of carbonyl (C=O) groups excluding carboxylic acids is 1. The Balaban J connectivity index is 2.30. The summed E-state index contributed by atoms with van der Waals surface area (Å²) in [7, 11) is 0. The number of H-pyrrole nitrogens is 1. The normalized spacial score (nSPS) is 10.4. The highest BCUT2D eigenvalue weighted by Crippen LogP contribution is 2.21. The first-order valence-electron chi connectivity index (χ1n) is 5.27. The molecular weight excluding hydrogens is 365 g/mol. The molecule has 1 aromatic carbocycles. The third kappa shape index (κ3) is 2.67. The Kier molecular flexibility index (Phi) is 3.91. The van der Waals surface area contributed by atoms with Gasteiger partial charge in [0.2, 0.25) is 0 Å². The lowest BCUT2D eigenvalue weighted by molar-refractivity contribution is 0.102. The molecule has 0 fully saturated rings. The van der Waals surface area contributed by atoms with Gasteiger partial charge in [-0.15, -0.1) is 0 Å². The first kappa shape index (κ1) is 13.4. The lowest BCUT2D eigenvalue weighted by atomic mass is 10.2. The smallest absolute Gasteiger partial charge is 0.256 e. The van der Waals surface area contributed by atoms with Gasteiger partial charge in [-0.1, -0.05) is 11.6 Å². The number of nitrogens with one attached hydrogen (secondary N) is 2. The van der Waals surface area contributed by atoms with Gasteiger partial charge in [0.15, 0.2) is 0 Å². The van der Waals surface area contributed by atoms with Gasteiger partial charge >= 0.3 is 0 Å². The van der Waals surface area contributed by atoms with Crippen molar-refractivity contribution in [2.45, 2.75) is 13.8 Å². The molecule has 2 N–H and O–H groups in total. The standard InChI is InChI=1S/C12H11ClIN3O/c1-6-11(7(2)17-16-6)15-12(18)9-5-8(13)3-4-10(9)14/h3-5H,1-2H3,(H,15,18)(H,16,17). The van der Waals surface area contributed by atoms with Crippen LogP contribution in [0.25, 0.3) is 0 Å². The van der Waals surface area contributed by atoms with E-state index >= 15 is 0 Å². The van der Waals surface area contributed by atoms with Gasteiger partial charge in [-0.2, -0.15) is 5.10 Å². The monoisotopic (exact) mass is 375 g/mol. The van der Waals surface area contributed by atoms with Gasteiger partial charge in [-0.3, -0.25) is 9.89 Å². The second-order valence-electron chi connectivity index (χ2n) is 3.89. The van der Waals surface area contributed by atoms with Crippen molar-refractivity contribution in [2.75, 3.05) is 5.32 Å². The molecular formula is C12H11ClIN3O. The number of aromatic nitrogens is 2. The van der Waals surface area contributed by atoms with E-state index in [4.69, 9.17) is 11.6 Å². The minimum atomic E-state index is -0.186. The molecule has 0 aliphatic rings. The number of aryl methyl sites for hydroxylation is 2.